The van der Waals surface area contributed by atoms with Gasteiger partial charge in [0.2, 0.25) is 0 Å². The highest BCUT2D eigenvalue weighted by molar-refractivity contribution is 6.15. The fraction of sp³-hybridized carbons (Fsp3) is 0.0526. The summed E-state index contributed by atoms with van der Waals surface area (Å²) in [5.74, 6) is 0. The lowest BCUT2D eigenvalue weighted by molar-refractivity contribution is 0.671. The molecule has 2 aromatic heterocycles. The number of hydrogen-bond donors (Lipinski definition) is 0. The molecular weight excluding hydrogens is 486 g/mol. The minimum atomic E-state index is 0.922. The summed E-state index contributed by atoms with van der Waals surface area (Å²) in [6.45, 7) is 3.14. The molecule has 8 rings (SSSR count). The van der Waals surface area contributed by atoms with Crippen molar-refractivity contribution >= 4 is 43.7 Å². The molecular formula is C38H27NO. The van der Waals surface area contributed by atoms with Crippen molar-refractivity contribution in [2.75, 3.05) is 0 Å². The van der Waals surface area contributed by atoms with Crippen molar-refractivity contribution in [1.82, 2.24) is 4.57 Å². The van der Waals surface area contributed by atoms with E-state index in [-0.39, 0.29) is 0 Å². The first kappa shape index (κ1) is 22.9. The Bertz CT molecular complexity index is 2180. The van der Waals surface area contributed by atoms with E-state index in [0.717, 1.165) is 45.2 Å². The second kappa shape index (κ2) is 9.00. The van der Waals surface area contributed by atoms with E-state index in [2.05, 4.69) is 145 Å². The lowest BCUT2D eigenvalue weighted by Gasteiger charge is -2.06. The number of furan rings is 1. The molecule has 40 heavy (non-hydrogen) atoms. The summed E-state index contributed by atoms with van der Waals surface area (Å²) in [5, 5.41) is 4.84. The van der Waals surface area contributed by atoms with Crippen molar-refractivity contribution in [3.05, 3.63) is 133 Å². The largest absolute Gasteiger partial charge is 0.455 e. The molecule has 0 saturated heterocycles. The van der Waals surface area contributed by atoms with Crippen molar-refractivity contribution < 1.29 is 4.42 Å². The molecule has 0 unspecified atom stereocenters. The number of aromatic nitrogens is 1. The normalized spacial score (nSPS) is 11.7. The van der Waals surface area contributed by atoms with Crippen molar-refractivity contribution in [1.29, 1.82) is 0 Å². The van der Waals surface area contributed by atoms with Crippen LogP contribution in [0.2, 0.25) is 0 Å². The number of nitrogens with zero attached hydrogens (tertiary/aromatic N) is 1. The number of aryl methyl sites for hydroxylation is 1. The van der Waals surface area contributed by atoms with Gasteiger partial charge in [-0.05, 0) is 53.4 Å². The van der Waals surface area contributed by atoms with Crippen LogP contribution in [0.5, 0.6) is 0 Å². The van der Waals surface area contributed by atoms with Gasteiger partial charge in [-0.1, -0.05) is 109 Å². The number of hydrogen-bond acceptors (Lipinski definition) is 1. The van der Waals surface area contributed by atoms with E-state index in [1.807, 2.05) is 0 Å². The second-order valence-corrected chi connectivity index (χ2v) is 10.4. The SMILES string of the molecule is CCn1c2ccc(-c3ccccc3)cc2c2cc(-c3cccc4c3oc3c(-c5ccccc5)cccc34)ccc21. The van der Waals surface area contributed by atoms with Crippen LogP contribution in [-0.2, 0) is 6.54 Å². The van der Waals surface area contributed by atoms with Crippen molar-refractivity contribution in [3.63, 3.8) is 0 Å². The minimum Gasteiger partial charge on any atom is -0.455 e. The highest BCUT2D eigenvalue weighted by Crippen LogP contribution is 2.41. The monoisotopic (exact) mass is 513 g/mol. The average Bonchev–Trinajstić information content (AvgIpc) is 3.56. The van der Waals surface area contributed by atoms with Gasteiger partial charge in [0.15, 0.2) is 0 Å². The van der Waals surface area contributed by atoms with Gasteiger partial charge in [-0.15, -0.1) is 0 Å². The zero-order chi connectivity index (χ0) is 26.6. The van der Waals surface area contributed by atoms with Gasteiger partial charge < -0.3 is 8.98 Å². The maximum Gasteiger partial charge on any atom is 0.143 e. The quantitative estimate of drug-likeness (QED) is 0.229. The summed E-state index contributed by atoms with van der Waals surface area (Å²) >= 11 is 0. The van der Waals surface area contributed by atoms with Crippen LogP contribution in [0, 0.1) is 0 Å². The van der Waals surface area contributed by atoms with Gasteiger partial charge in [-0.25, -0.2) is 0 Å². The summed E-state index contributed by atoms with van der Waals surface area (Å²) in [5.41, 5.74) is 11.4. The van der Waals surface area contributed by atoms with Crippen LogP contribution in [0.1, 0.15) is 6.92 Å². The molecule has 2 heteroatoms. The highest BCUT2D eigenvalue weighted by Gasteiger charge is 2.17. The Balaban J connectivity index is 1.36. The smallest absolute Gasteiger partial charge is 0.143 e. The molecule has 0 bridgehead atoms. The molecule has 6 aromatic carbocycles. The molecule has 2 heterocycles. The maximum atomic E-state index is 6.72. The molecule has 2 nitrogen and oxygen atoms in total. The van der Waals surface area contributed by atoms with Crippen LogP contribution >= 0.6 is 0 Å². The van der Waals surface area contributed by atoms with E-state index in [1.54, 1.807) is 0 Å². The molecule has 0 saturated carbocycles. The maximum absolute atomic E-state index is 6.72. The topological polar surface area (TPSA) is 18.1 Å². The standard InChI is InChI=1S/C38H27NO/c1-2-39-35-21-19-27(25-11-5-3-6-12-25)23-33(35)34-24-28(20-22-36(34)39)30-16-10-18-32-31-17-9-15-29(37(31)40-38(30)32)26-13-7-4-8-14-26/h3-24H,2H2,1H3. The summed E-state index contributed by atoms with van der Waals surface area (Å²) in [7, 11) is 0. The molecule has 0 fully saturated rings. The Labute approximate surface area is 232 Å². The molecule has 190 valence electrons. The molecule has 8 aromatic rings. The van der Waals surface area contributed by atoms with Crippen LogP contribution in [0.3, 0.4) is 0 Å². The van der Waals surface area contributed by atoms with E-state index in [9.17, 15) is 0 Å². The summed E-state index contributed by atoms with van der Waals surface area (Å²) in [6, 6.07) is 47.8. The van der Waals surface area contributed by atoms with Crippen LogP contribution in [-0.4, -0.2) is 4.57 Å². The predicted molar refractivity (Wildman–Crippen MR) is 169 cm³/mol. The average molecular weight is 514 g/mol. The van der Waals surface area contributed by atoms with Gasteiger partial charge in [0.25, 0.3) is 0 Å². The zero-order valence-corrected chi connectivity index (χ0v) is 22.3. The molecule has 0 spiro atoms. The van der Waals surface area contributed by atoms with Gasteiger partial charge >= 0.3 is 0 Å². The van der Waals surface area contributed by atoms with E-state index >= 15 is 0 Å². The molecule has 0 aliphatic carbocycles. The third-order valence-corrected chi connectivity index (χ3v) is 8.21. The molecule has 0 aliphatic rings. The first-order valence-corrected chi connectivity index (χ1v) is 13.9. The van der Waals surface area contributed by atoms with E-state index in [0.29, 0.717) is 0 Å². The Hall–Kier alpha value is -5.08. The first-order valence-electron chi connectivity index (χ1n) is 13.9. The Morgan fingerprint density at radius 3 is 1.57 bits per heavy atom. The van der Waals surface area contributed by atoms with Crippen LogP contribution < -0.4 is 0 Å². The molecule has 0 atom stereocenters. The van der Waals surface area contributed by atoms with E-state index < -0.39 is 0 Å². The van der Waals surface area contributed by atoms with E-state index in [4.69, 9.17) is 4.42 Å². The van der Waals surface area contributed by atoms with Crippen molar-refractivity contribution in [3.8, 4) is 33.4 Å². The fourth-order valence-electron chi connectivity index (χ4n) is 6.31. The van der Waals surface area contributed by atoms with Gasteiger partial charge in [-0.3, -0.25) is 0 Å². The Morgan fingerprint density at radius 2 is 0.975 bits per heavy atom. The van der Waals surface area contributed by atoms with Crippen molar-refractivity contribution in [2.24, 2.45) is 0 Å². The van der Waals surface area contributed by atoms with E-state index in [1.165, 1.54) is 38.5 Å². The first-order chi connectivity index (χ1) is 19.8. The zero-order valence-electron chi connectivity index (χ0n) is 22.3. The summed E-state index contributed by atoms with van der Waals surface area (Å²) in [4.78, 5) is 0. The van der Waals surface area contributed by atoms with Gasteiger partial charge in [0.05, 0.1) is 0 Å². The van der Waals surface area contributed by atoms with Crippen LogP contribution in [0.25, 0.3) is 77.1 Å². The lowest BCUT2D eigenvalue weighted by atomic mass is 9.98. The van der Waals surface area contributed by atoms with Crippen molar-refractivity contribution in [2.45, 2.75) is 13.5 Å². The Kier molecular flexibility index (Phi) is 5.14. The van der Waals surface area contributed by atoms with Crippen LogP contribution in [0.4, 0.5) is 0 Å². The van der Waals surface area contributed by atoms with Gasteiger partial charge in [0, 0.05) is 50.2 Å². The summed E-state index contributed by atoms with van der Waals surface area (Å²) in [6.07, 6.45) is 0. The third kappa shape index (κ3) is 3.43. The predicted octanol–water partition coefficient (Wildman–Crippen LogP) is 10.7. The Morgan fingerprint density at radius 1 is 0.450 bits per heavy atom. The van der Waals surface area contributed by atoms with Gasteiger partial charge in [-0.2, -0.15) is 0 Å². The number of para-hydroxylation sites is 2. The molecule has 0 amide bonds. The second-order valence-electron chi connectivity index (χ2n) is 10.4. The highest BCUT2D eigenvalue weighted by atomic mass is 16.3. The third-order valence-electron chi connectivity index (χ3n) is 8.21. The summed E-state index contributed by atoms with van der Waals surface area (Å²) < 4.78 is 9.14. The van der Waals surface area contributed by atoms with Crippen LogP contribution in [0.15, 0.2) is 138 Å². The number of fused-ring (bicyclic) bond motifs is 6. The minimum absolute atomic E-state index is 0.922. The molecule has 0 N–H and O–H groups in total. The van der Waals surface area contributed by atoms with Gasteiger partial charge in [0.1, 0.15) is 11.2 Å². The molecule has 0 aliphatic heterocycles. The molecule has 0 radical (unpaired) electrons. The number of benzene rings is 6. The lowest BCUT2D eigenvalue weighted by Crippen LogP contribution is -1.92. The number of rotatable bonds is 4. The fourth-order valence-corrected chi connectivity index (χ4v) is 6.31.